The monoisotopic (exact) mass is 280 g/mol. The van der Waals surface area contributed by atoms with Crippen molar-refractivity contribution in [3.63, 3.8) is 0 Å². The van der Waals surface area contributed by atoms with Crippen LogP contribution in [-0.2, 0) is 4.79 Å². The number of ether oxygens (including phenoxy) is 1. The Kier molecular flexibility index (Phi) is 4.09. The van der Waals surface area contributed by atoms with Gasteiger partial charge in [-0.2, -0.15) is 0 Å². The number of hydrogen-bond acceptors (Lipinski definition) is 4. The number of amides is 2. The first-order chi connectivity index (χ1) is 9.51. The van der Waals surface area contributed by atoms with Gasteiger partial charge in [-0.05, 0) is 12.1 Å². The number of methoxy groups -OCH3 is 1. The molecule has 0 radical (unpaired) electrons. The quantitative estimate of drug-likeness (QED) is 0.758. The Morgan fingerprint density at radius 2 is 2.20 bits per heavy atom. The van der Waals surface area contributed by atoms with Gasteiger partial charge in [0.25, 0.3) is 0 Å². The van der Waals surface area contributed by atoms with Crippen molar-refractivity contribution in [1.82, 2.24) is 4.90 Å². The van der Waals surface area contributed by atoms with Crippen LogP contribution in [0.25, 0.3) is 0 Å². The predicted octanol–water partition coefficient (Wildman–Crippen LogP) is 0.747. The number of carboxylic acid groups (broad SMARTS) is 1. The van der Waals surface area contributed by atoms with Gasteiger partial charge in [0.1, 0.15) is 11.8 Å². The van der Waals surface area contributed by atoms with E-state index in [1.165, 1.54) is 7.11 Å². The smallest absolute Gasteiger partial charge is 0.326 e. The minimum atomic E-state index is -1.12. The molecule has 2 amide bonds. The molecule has 1 aromatic rings. The van der Waals surface area contributed by atoms with E-state index < -0.39 is 24.1 Å². The molecule has 1 aliphatic heterocycles. The van der Waals surface area contributed by atoms with Crippen molar-refractivity contribution >= 4 is 17.7 Å². The molecule has 7 heteroatoms. The largest absolute Gasteiger partial charge is 0.497 e. The van der Waals surface area contributed by atoms with Crippen LogP contribution in [0.1, 0.15) is 6.42 Å². The number of aliphatic hydroxyl groups is 1. The normalized spacial score (nSPS) is 21.6. The number of aliphatic carboxylic acids is 1. The number of carbonyl (C=O) groups is 2. The van der Waals surface area contributed by atoms with Crippen LogP contribution in [0.2, 0.25) is 0 Å². The second-order valence-corrected chi connectivity index (χ2v) is 4.56. The van der Waals surface area contributed by atoms with Gasteiger partial charge in [0.2, 0.25) is 0 Å². The minimum Gasteiger partial charge on any atom is -0.497 e. The first kappa shape index (κ1) is 14.1. The van der Waals surface area contributed by atoms with Gasteiger partial charge in [-0.15, -0.1) is 0 Å². The van der Waals surface area contributed by atoms with Crippen LogP contribution in [0.5, 0.6) is 5.75 Å². The summed E-state index contributed by atoms with van der Waals surface area (Å²) in [4.78, 5) is 24.3. The molecule has 1 fully saturated rings. The number of nitrogens with zero attached hydrogens (tertiary/aromatic N) is 1. The summed E-state index contributed by atoms with van der Waals surface area (Å²) in [5.41, 5.74) is 0.500. The Balaban J connectivity index is 2.09. The Labute approximate surface area is 115 Å². The topological polar surface area (TPSA) is 99.1 Å². The Hall–Kier alpha value is -2.28. The average molecular weight is 280 g/mol. The number of urea groups is 1. The molecule has 20 heavy (non-hydrogen) atoms. The molecule has 0 aliphatic carbocycles. The SMILES string of the molecule is COc1cccc(NC(=O)N2CC(O)C[C@H]2C(=O)O)c1. The van der Waals surface area contributed by atoms with E-state index in [9.17, 15) is 14.7 Å². The molecule has 1 saturated heterocycles. The molecule has 2 rings (SSSR count). The van der Waals surface area contributed by atoms with Crippen LogP contribution < -0.4 is 10.1 Å². The molecule has 1 aliphatic rings. The first-order valence-corrected chi connectivity index (χ1v) is 6.14. The number of carbonyl (C=O) groups excluding carboxylic acids is 1. The lowest BCUT2D eigenvalue weighted by Gasteiger charge is -2.21. The molecular weight excluding hydrogens is 264 g/mol. The van der Waals surface area contributed by atoms with Crippen molar-refractivity contribution < 1.29 is 24.5 Å². The van der Waals surface area contributed by atoms with Gasteiger partial charge in [0, 0.05) is 24.7 Å². The highest BCUT2D eigenvalue weighted by Gasteiger charge is 2.38. The van der Waals surface area contributed by atoms with Gasteiger partial charge in [-0.25, -0.2) is 9.59 Å². The van der Waals surface area contributed by atoms with E-state index in [0.29, 0.717) is 11.4 Å². The molecular formula is C13H16N2O5. The number of aliphatic hydroxyl groups excluding tert-OH is 1. The van der Waals surface area contributed by atoms with Crippen LogP contribution in [-0.4, -0.2) is 52.9 Å². The van der Waals surface area contributed by atoms with E-state index in [-0.39, 0.29) is 13.0 Å². The molecule has 0 saturated carbocycles. The van der Waals surface area contributed by atoms with Gasteiger partial charge in [-0.1, -0.05) is 6.07 Å². The van der Waals surface area contributed by atoms with Gasteiger partial charge >= 0.3 is 12.0 Å². The number of carboxylic acids is 1. The first-order valence-electron chi connectivity index (χ1n) is 6.14. The second kappa shape index (κ2) is 5.79. The van der Waals surface area contributed by atoms with Crippen molar-refractivity contribution in [3.8, 4) is 5.75 Å². The lowest BCUT2D eigenvalue weighted by Crippen LogP contribution is -2.43. The summed E-state index contributed by atoms with van der Waals surface area (Å²) in [6.07, 6.45) is -0.770. The van der Waals surface area contributed by atoms with Gasteiger partial charge < -0.3 is 25.2 Å². The second-order valence-electron chi connectivity index (χ2n) is 4.56. The maximum absolute atomic E-state index is 12.1. The Bertz CT molecular complexity index is 519. The molecule has 3 N–H and O–H groups in total. The summed E-state index contributed by atoms with van der Waals surface area (Å²) in [7, 11) is 1.51. The maximum Gasteiger partial charge on any atom is 0.326 e. The van der Waals surface area contributed by atoms with Crippen molar-refractivity contribution in [1.29, 1.82) is 0 Å². The predicted molar refractivity (Wildman–Crippen MR) is 70.8 cm³/mol. The fourth-order valence-electron chi connectivity index (χ4n) is 2.17. The third-order valence-electron chi connectivity index (χ3n) is 3.15. The zero-order chi connectivity index (χ0) is 14.7. The molecule has 1 heterocycles. The van der Waals surface area contributed by atoms with Crippen LogP contribution in [0.3, 0.4) is 0 Å². The summed E-state index contributed by atoms with van der Waals surface area (Å²) in [5.74, 6) is -0.540. The molecule has 1 unspecified atom stereocenters. The molecule has 0 bridgehead atoms. The number of β-amino-alcohol motifs (C(OH)–C–C–N with tert-alkyl or cyclic N) is 1. The van der Waals surface area contributed by atoms with Crippen molar-refractivity contribution in [2.24, 2.45) is 0 Å². The standard InChI is InChI=1S/C13H16N2O5/c1-20-10-4-2-3-8(5-10)14-13(19)15-7-9(16)6-11(15)12(17)18/h2-5,9,11,16H,6-7H2,1H3,(H,14,19)(H,17,18)/t9?,11-/m0/s1. The average Bonchev–Trinajstić information content (AvgIpc) is 2.81. The van der Waals surface area contributed by atoms with E-state index in [2.05, 4.69) is 5.32 Å². The van der Waals surface area contributed by atoms with Crippen molar-refractivity contribution in [2.75, 3.05) is 19.0 Å². The summed E-state index contributed by atoms with van der Waals surface area (Å²) in [6, 6.07) is 5.18. The van der Waals surface area contributed by atoms with Gasteiger partial charge in [-0.3, -0.25) is 0 Å². The summed E-state index contributed by atoms with van der Waals surface area (Å²) < 4.78 is 5.04. The fourth-order valence-corrected chi connectivity index (χ4v) is 2.17. The minimum absolute atomic E-state index is 0.00671. The Morgan fingerprint density at radius 3 is 2.85 bits per heavy atom. The van der Waals surface area contributed by atoms with Crippen molar-refractivity contribution in [2.45, 2.75) is 18.6 Å². The number of benzene rings is 1. The molecule has 0 spiro atoms. The van der Waals surface area contributed by atoms with Crippen molar-refractivity contribution in [3.05, 3.63) is 24.3 Å². The number of nitrogens with one attached hydrogen (secondary N) is 1. The van der Waals surface area contributed by atoms with E-state index in [1.54, 1.807) is 24.3 Å². The van der Waals surface area contributed by atoms with Crippen LogP contribution in [0, 0.1) is 0 Å². The number of anilines is 1. The third kappa shape index (κ3) is 3.00. The molecule has 0 aromatic heterocycles. The summed E-state index contributed by atoms with van der Waals surface area (Å²) in [6.45, 7) is 0.00671. The molecule has 1 aromatic carbocycles. The van der Waals surface area contributed by atoms with E-state index >= 15 is 0 Å². The third-order valence-corrected chi connectivity index (χ3v) is 3.15. The lowest BCUT2D eigenvalue weighted by atomic mass is 10.2. The fraction of sp³-hybridized carbons (Fsp3) is 0.385. The summed E-state index contributed by atoms with van der Waals surface area (Å²) >= 11 is 0. The Morgan fingerprint density at radius 1 is 1.45 bits per heavy atom. The zero-order valence-electron chi connectivity index (χ0n) is 10.9. The lowest BCUT2D eigenvalue weighted by molar-refractivity contribution is -0.141. The number of likely N-dealkylation sites (tertiary alicyclic amines) is 1. The van der Waals surface area contributed by atoms with Crippen LogP contribution in [0.4, 0.5) is 10.5 Å². The van der Waals surface area contributed by atoms with E-state index in [0.717, 1.165) is 4.90 Å². The zero-order valence-corrected chi connectivity index (χ0v) is 10.9. The molecule has 2 atom stereocenters. The highest BCUT2D eigenvalue weighted by Crippen LogP contribution is 2.21. The van der Waals surface area contributed by atoms with Gasteiger partial charge in [0.05, 0.1) is 13.2 Å². The molecule has 108 valence electrons. The van der Waals surface area contributed by atoms with Crippen LogP contribution >= 0.6 is 0 Å². The van der Waals surface area contributed by atoms with Gasteiger partial charge in [0.15, 0.2) is 0 Å². The van der Waals surface area contributed by atoms with E-state index in [4.69, 9.17) is 9.84 Å². The number of hydrogen-bond donors (Lipinski definition) is 3. The highest BCUT2D eigenvalue weighted by molar-refractivity contribution is 5.93. The van der Waals surface area contributed by atoms with Crippen LogP contribution in [0.15, 0.2) is 24.3 Å². The summed E-state index contributed by atoms with van der Waals surface area (Å²) in [5, 5.41) is 21.2. The maximum atomic E-state index is 12.1. The highest BCUT2D eigenvalue weighted by atomic mass is 16.5. The number of rotatable bonds is 3. The molecule has 7 nitrogen and oxygen atoms in total. The van der Waals surface area contributed by atoms with E-state index in [1.807, 2.05) is 0 Å².